The van der Waals surface area contributed by atoms with Gasteiger partial charge in [-0.2, -0.15) is 4.79 Å². The number of ether oxygens (including phenoxy) is 2. The third-order valence-corrected chi connectivity index (χ3v) is 4.76. The summed E-state index contributed by atoms with van der Waals surface area (Å²) in [7, 11) is 1.16. The molecule has 1 aliphatic rings. The Labute approximate surface area is 167 Å². The molecule has 2 aromatic carbocycles. The number of carbonyl (C=O) groups is 3. The van der Waals surface area contributed by atoms with Gasteiger partial charge in [-0.05, 0) is 22.3 Å². The van der Waals surface area contributed by atoms with E-state index in [0.29, 0.717) is 6.21 Å². The monoisotopic (exact) mass is 393 g/mol. The number of alkyl carbamates (subject to hydrolysis) is 1. The van der Waals surface area contributed by atoms with E-state index in [1.807, 2.05) is 48.5 Å². The van der Waals surface area contributed by atoms with Gasteiger partial charge in [0.1, 0.15) is 12.6 Å². The van der Waals surface area contributed by atoms with Crippen molar-refractivity contribution in [3.8, 4) is 11.1 Å². The van der Waals surface area contributed by atoms with E-state index in [2.05, 4.69) is 14.8 Å². The van der Waals surface area contributed by atoms with Crippen LogP contribution < -0.4 is 5.32 Å². The SMILES string of the molecule is COC(=O)CC(NC(=O)OCC1c2ccccc2-c2ccccc21)C(=O)C=[N+]=[N-]. The number of amides is 1. The van der Waals surface area contributed by atoms with Crippen LogP contribution in [0.5, 0.6) is 0 Å². The van der Waals surface area contributed by atoms with Crippen LogP contribution in [0.15, 0.2) is 48.5 Å². The lowest BCUT2D eigenvalue weighted by molar-refractivity contribution is -0.142. The lowest BCUT2D eigenvalue weighted by Gasteiger charge is -2.17. The van der Waals surface area contributed by atoms with E-state index < -0.39 is 30.3 Å². The molecule has 3 rings (SSSR count). The Morgan fingerprint density at radius 2 is 1.69 bits per heavy atom. The van der Waals surface area contributed by atoms with Crippen molar-refractivity contribution in [2.24, 2.45) is 0 Å². The largest absolute Gasteiger partial charge is 0.469 e. The van der Waals surface area contributed by atoms with E-state index in [0.717, 1.165) is 29.4 Å². The molecule has 8 nitrogen and oxygen atoms in total. The van der Waals surface area contributed by atoms with Crippen LogP contribution in [-0.4, -0.2) is 48.6 Å². The first-order valence-electron chi connectivity index (χ1n) is 8.94. The number of Topliss-reactive ketones (excluding diaryl/α,β-unsaturated/α-hetero) is 1. The summed E-state index contributed by atoms with van der Waals surface area (Å²) < 4.78 is 9.87. The van der Waals surface area contributed by atoms with Gasteiger partial charge >= 0.3 is 18.3 Å². The molecule has 1 aliphatic carbocycles. The maximum atomic E-state index is 12.3. The third-order valence-electron chi connectivity index (χ3n) is 4.76. The van der Waals surface area contributed by atoms with Crippen LogP contribution in [0.2, 0.25) is 0 Å². The van der Waals surface area contributed by atoms with E-state index in [9.17, 15) is 14.4 Å². The molecule has 0 heterocycles. The molecule has 0 spiro atoms. The third kappa shape index (κ3) is 4.39. The number of rotatable bonds is 7. The van der Waals surface area contributed by atoms with E-state index in [4.69, 9.17) is 10.3 Å². The average Bonchev–Trinajstić information content (AvgIpc) is 3.05. The highest BCUT2D eigenvalue weighted by Crippen LogP contribution is 2.44. The van der Waals surface area contributed by atoms with Gasteiger partial charge in [-0.25, -0.2) is 4.79 Å². The van der Waals surface area contributed by atoms with Gasteiger partial charge in [0.15, 0.2) is 0 Å². The Morgan fingerprint density at radius 3 is 2.24 bits per heavy atom. The van der Waals surface area contributed by atoms with Crippen molar-refractivity contribution in [2.75, 3.05) is 13.7 Å². The summed E-state index contributed by atoms with van der Waals surface area (Å²) in [5, 5.41) is 2.32. The number of hydrogen-bond donors (Lipinski definition) is 1. The summed E-state index contributed by atoms with van der Waals surface area (Å²) in [6.45, 7) is 0.0626. The molecule has 0 radical (unpaired) electrons. The first-order chi connectivity index (χ1) is 14.0. The van der Waals surface area contributed by atoms with Crippen LogP contribution in [0.4, 0.5) is 4.79 Å². The zero-order valence-electron chi connectivity index (χ0n) is 15.7. The first kappa shape index (κ1) is 20.0. The van der Waals surface area contributed by atoms with Gasteiger partial charge in [-0.3, -0.25) is 9.59 Å². The Bertz CT molecular complexity index is 952. The van der Waals surface area contributed by atoms with Crippen molar-refractivity contribution in [3.05, 3.63) is 65.2 Å². The van der Waals surface area contributed by atoms with Crippen LogP contribution in [0.25, 0.3) is 16.7 Å². The normalized spacial score (nSPS) is 12.7. The second-order valence-electron chi connectivity index (χ2n) is 6.45. The molecule has 0 saturated carbocycles. The standard InChI is InChI=1S/C21H19N3O5/c1-28-20(26)10-18(19(25)11-23-22)24-21(27)29-12-17-15-8-4-2-6-13(15)14-7-3-5-9-16(14)17/h2-9,11,17-18H,10,12H2,1H3,(H,24,27). The minimum Gasteiger partial charge on any atom is -0.469 e. The smallest absolute Gasteiger partial charge is 0.407 e. The molecule has 1 N–H and O–H groups in total. The molecule has 0 bridgehead atoms. The Balaban J connectivity index is 1.70. The predicted molar refractivity (Wildman–Crippen MR) is 103 cm³/mol. The van der Waals surface area contributed by atoms with E-state index in [-0.39, 0.29) is 12.5 Å². The van der Waals surface area contributed by atoms with Gasteiger partial charge in [0.05, 0.1) is 13.5 Å². The highest BCUT2D eigenvalue weighted by atomic mass is 16.5. The maximum absolute atomic E-state index is 12.3. The molecule has 148 valence electrons. The van der Waals surface area contributed by atoms with Crippen LogP contribution in [0.1, 0.15) is 23.5 Å². The molecular formula is C21H19N3O5. The highest BCUT2D eigenvalue weighted by Gasteiger charge is 2.30. The van der Waals surface area contributed by atoms with Crippen LogP contribution >= 0.6 is 0 Å². The van der Waals surface area contributed by atoms with Gasteiger partial charge in [-0.1, -0.05) is 48.5 Å². The molecule has 2 aromatic rings. The van der Waals surface area contributed by atoms with Crippen molar-refractivity contribution in [2.45, 2.75) is 18.4 Å². The molecule has 8 heteroatoms. The zero-order chi connectivity index (χ0) is 20.8. The number of fused-ring (bicyclic) bond motifs is 3. The molecule has 0 fully saturated rings. The Morgan fingerprint density at radius 1 is 1.10 bits per heavy atom. The second kappa shape index (κ2) is 8.95. The van der Waals surface area contributed by atoms with Crippen LogP contribution in [0.3, 0.4) is 0 Å². The molecule has 0 aliphatic heterocycles. The summed E-state index contributed by atoms with van der Waals surface area (Å²) in [4.78, 5) is 38.3. The number of carbonyl (C=O) groups excluding carboxylic acids is 3. The van der Waals surface area contributed by atoms with Crippen molar-refractivity contribution >= 4 is 24.1 Å². The van der Waals surface area contributed by atoms with Gasteiger partial charge in [0, 0.05) is 5.92 Å². The zero-order valence-corrected chi connectivity index (χ0v) is 15.7. The fourth-order valence-electron chi connectivity index (χ4n) is 3.40. The number of benzene rings is 2. The van der Waals surface area contributed by atoms with Crippen LogP contribution in [0, 0.1) is 0 Å². The first-order valence-corrected chi connectivity index (χ1v) is 8.94. The molecule has 1 unspecified atom stereocenters. The Kier molecular flexibility index (Phi) is 6.16. The van der Waals surface area contributed by atoms with Gasteiger partial charge < -0.3 is 20.3 Å². The number of esters is 1. The van der Waals surface area contributed by atoms with E-state index >= 15 is 0 Å². The number of nitrogens with zero attached hydrogens (tertiary/aromatic N) is 2. The van der Waals surface area contributed by atoms with E-state index in [1.165, 1.54) is 0 Å². The van der Waals surface area contributed by atoms with Crippen molar-refractivity contribution in [1.29, 1.82) is 0 Å². The summed E-state index contributed by atoms with van der Waals surface area (Å²) in [5.74, 6) is -1.60. The number of hydrogen-bond acceptors (Lipinski definition) is 5. The van der Waals surface area contributed by atoms with Gasteiger partial charge in [-0.15, -0.1) is 0 Å². The minimum atomic E-state index is -1.26. The number of ketones is 1. The van der Waals surface area contributed by atoms with Crippen molar-refractivity contribution in [1.82, 2.24) is 5.32 Å². The number of methoxy groups -OCH3 is 1. The second-order valence-corrected chi connectivity index (χ2v) is 6.45. The molecule has 0 aromatic heterocycles. The Hall–Kier alpha value is -3.77. The molecule has 29 heavy (non-hydrogen) atoms. The summed E-state index contributed by atoms with van der Waals surface area (Å²) in [5.41, 5.74) is 12.8. The minimum absolute atomic E-state index is 0.0626. The maximum Gasteiger partial charge on any atom is 0.407 e. The van der Waals surface area contributed by atoms with Crippen molar-refractivity contribution < 1.29 is 28.6 Å². The van der Waals surface area contributed by atoms with Gasteiger partial charge in [0.25, 0.3) is 5.78 Å². The molecular weight excluding hydrogens is 374 g/mol. The topological polar surface area (TPSA) is 118 Å². The molecule has 1 amide bonds. The summed E-state index contributed by atoms with van der Waals surface area (Å²) in [6.07, 6.45) is -0.663. The van der Waals surface area contributed by atoms with E-state index in [1.54, 1.807) is 0 Å². The quantitative estimate of drug-likeness (QED) is 0.335. The fraction of sp³-hybridized carbons (Fsp3) is 0.238. The fourth-order valence-corrected chi connectivity index (χ4v) is 3.40. The summed E-state index contributed by atoms with van der Waals surface area (Å²) in [6, 6.07) is 14.5. The molecule has 1 atom stereocenters. The van der Waals surface area contributed by atoms with Crippen molar-refractivity contribution in [3.63, 3.8) is 0 Å². The predicted octanol–water partition coefficient (Wildman–Crippen LogP) is 2.33. The van der Waals surface area contributed by atoms with Crippen LogP contribution in [-0.2, 0) is 19.1 Å². The summed E-state index contributed by atoms with van der Waals surface area (Å²) >= 11 is 0. The average molecular weight is 393 g/mol. The highest BCUT2D eigenvalue weighted by molar-refractivity contribution is 6.28. The lowest BCUT2D eigenvalue weighted by atomic mass is 9.98. The molecule has 0 saturated heterocycles. The van der Waals surface area contributed by atoms with Gasteiger partial charge in [0.2, 0.25) is 0 Å². The number of nitrogens with one attached hydrogen (secondary N) is 1. The lowest BCUT2D eigenvalue weighted by Crippen LogP contribution is -2.43.